The maximum absolute atomic E-state index is 11.6. The van der Waals surface area contributed by atoms with Gasteiger partial charge in [0.1, 0.15) is 32.1 Å². The first-order valence-electron chi connectivity index (χ1n) is 6.16. The van der Waals surface area contributed by atoms with Crippen molar-refractivity contribution in [3.63, 3.8) is 0 Å². The molecular weight excluding hydrogens is 244 g/mol. The second-order valence-corrected chi connectivity index (χ2v) is 3.82. The standard InChI is InChI=1S/C9H14N4O5/c10-8-11-3-13(9(17)12-8)1-4-6(15)7(16)5(2-14)18-4/h3-7,14-16H,1-2H2,(H2,10,12,17)/t4-,5+,6+,7?/m0/s1/i3D,7D. The van der Waals surface area contributed by atoms with Crippen molar-refractivity contribution in [2.45, 2.75) is 30.9 Å². The van der Waals surface area contributed by atoms with Gasteiger partial charge in [0, 0.05) is 0 Å². The van der Waals surface area contributed by atoms with Gasteiger partial charge in [-0.1, -0.05) is 0 Å². The minimum Gasteiger partial charge on any atom is -0.394 e. The summed E-state index contributed by atoms with van der Waals surface area (Å²) in [6.45, 7) is -1.02. The van der Waals surface area contributed by atoms with E-state index >= 15 is 0 Å². The predicted octanol–water partition coefficient (Wildman–Crippen LogP) is -3.47. The van der Waals surface area contributed by atoms with Gasteiger partial charge in [0.25, 0.3) is 0 Å². The molecule has 1 aliphatic heterocycles. The molecule has 1 aromatic rings. The summed E-state index contributed by atoms with van der Waals surface area (Å²) >= 11 is 0. The van der Waals surface area contributed by atoms with Crippen LogP contribution >= 0.6 is 0 Å². The maximum Gasteiger partial charge on any atom is 0.329 e. The van der Waals surface area contributed by atoms with Crippen LogP contribution in [0, 0.1) is 5.41 Å². The molecule has 2 rings (SSSR count). The largest absolute Gasteiger partial charge is 0.394 e. The second-order valence-electron chi connectivity index (χ2n) is 3.82. The smallest absolute Gasteiger partial charge is 0.329 e. The Morgan fingerprint density at radius 3 is 2.94 bits per heavy atom. The highest BCUT2D eigenvalue weighted by Crippen LogP contribution is 2.21. The lowest BCUT2D eigenvalue weighted by Gasteiger charge is -2.15. The Kier molecular flexibility index (Phi) is 2.87. The molecule has 1 aromatic heterocycles. The molecule has 0 radical (unpaired) electrons. The van der Waals surface area contributed by atoms with Gasteiger partial charge >= 0.3 is 5.69 Å². The van der Waals surface area contributed by atoms with Crippen LogP contribution in [0.3, 0.4) is 0 Å². The molecule has 0 bridgehead atoms. The van der Waals surface area contributed by atoms with Crippen LogP contribution in [0.2, 0.25) is 0 Å². The van der Waals surface area contributed by atoms with E-state index in [0.717, 1.165) is 4.57 Å². The molecule has 100 valence electrons. The summed E-state index contributed by atoms with van der Waals surface area (Å²) in [5.41, 5.74) is -1.28. The Bertz CT molecular complexity index is 615. The highest BCUT2D eigenvalue weighted by atomic mass is 16.6. The first kappa shape index (κ1) is 10.4. The zero-order chi connectivity index (χ0) is 15.1. The van der Waals surface area contributed by atoms with E-state index in [0.29, 0.717) is 0 Å². The molecule has 1 saturated heterocycles. The van der Waals surface area contributed by atoms with Crippen LogP contribution in [0.25, 0.3) is 0 Å². The van der Waals surface area contributed by atoms with E-state index in [4.69, 9.17) is 18.0 Å². The molecule has 18 heavy (non-hydrogen) atoms. The summed E-state index contributed by atoms with van der Waals surface area (Å²) in [6, 6.07) is 0. The lowest BCUT2D eigenvalue weighted by Crippen LogP contribution is -2.39. The van der Waals surface area contributed by atoms with E-state index in [2.05, 4.69) is 9.97 Å². The monoisotopic (exact) mass is 260 g/mol. The van der Waals surface area contributed by atoms with E-state index in [-0.39, 0.29) is 6.54 Å². The first-order chi connectivity index (χ1) is 9.27. The average molecular weight is 260 g/mol. The van der Waals surface area contributed by atoms with E-state index in [9.17, 15) is 15.0 Å². The number of aromatic amines is 1. The number of hydrogen-bond acceptors (Lipinski definition) is 7. The third-order valence-electron chi connectivity index (χ3n) is 2.61. The van der Waals surface area contributed by atoms with Crippen molar-refractivity contribution < 1.29 is 22.8 Å². The Morgan fingerprint density at radius 2 is 2.39 bits per heavy atom. The van der Waals surface area contributed by atoms with Gasteiger partial charge in [-0.25, -0.2) is 9.78 Å². The van der Waals surface area contributed by atoms with Crippen molar-refractivity contribution >= 4 is 0 Å². The number of aromatic nitrogens is 3. The molecule has 1 aliphatic rings. The molecule has 9 nitrogen and oxygen atoms in total. The van der Waals surface area contributed by atoms with Crippen LogP contribution < -0.4 is 11.3 Å². The molecule has 9 heteroatoms. The minimum atomic E-state index is -2.41. The summed E-state index contributed by atoms with van der Waals surface area (Å²) in [6.07, 6.45) is -7.07. The summed E-state index contributed by atoms with van der Waals surface area (Å²) in [4.78, 5) is 17.1. The number of H-pyrrole nitrogens is 1. The topological polar surface area (TPSA) is 144 Å². The van der Waals surface area contributed by atoms with E-state index in [1.165, 1.54) is 0 Å². The highest BCUT2D eigenvalue weighted by molar-refractivity contribution is 4.90. The van der Waals surface area contributed by atoms with Crippen LogP contribution in [-0.2, 0) is 11.3 Å². The normalized spacial score (nSPS) is 37.4. The van der Waals surface area contributed by atoms with Gasteiger partial charge < -0.3 is 20.1 Å². The minimum absolute atomic E-state index is 0.347. The summed E-state index contributed by atoms with van der Waals surface area (Å²) in [7, 11) is 0. The van der Waals surface area contributed by atoms with Crippen LogP contribution in [0.1, 0.15) is 2.74 Å². The van der Waals surface area contributed by atoms with Gasteiger partial charge in [0.15, 0.2) is 0 Å². The number of aliphatic hydroxyl groups excluding tert-OH is 2. The molecular formula is C9H14N4O5. The number of hydrogen-bond donors (Lipinski definition) is 5. The molecule has 0 aliphatic carbocycles. The van der Waals surface area contributed by atoms with Gasteiger partial charge in [0.2, 0.25) is 5.62 Å². The molecule has 0 aromatic carbocycles. The summed E-state index contributed by atoms with van der Waals surface area (Å²) in [5.74, 6) is 0. The summed E-state index contributed by atoms with van der Waals surface area (Å²) < 4.78 is 20.9. The van der Waals surface area contributed by atoms with Crippen LogP contribution in [0.15, 0.2) is 11.1 Å². The molecule has 0 spiro atoms. The SMILES string of the molecule is [2H]c1nc(=N)[nH]c(=O)n1C[C@@H]1O[C@H](CO)C([2H])(O)[C@@H]1O. The van der Waals surface area contributed by atoms with Gasteiger partial charge in [-0.3, -0.25) is 15.0 Å². The number of nitrogens with one attached hydrogen (secondary N) is 2. The summed E-state index contributed by atoms with van der Waals surface area (Å²) in [5, 5.41) is 35.6. The Balaban J connectivity index is 2.28. The lowest BCUT2D eigenvalue weighted by atomic mass is 10.1. The first-order valence-corrected chi connectivity index (χ1v) is 5.16. The van der Waals surface area contributed by atoms with Crippen LogP contribution in [-0.4, -0.2) is 60.9 Å². The van der Waals surface area contributed by atoms with Crippen molar-refractivity contribution in [2.24, 2.45) is 0 Å². The van der Waals surface area contributed by atoms with Crippen LogP contribution in [0.5, 0.6) is 0 Å². The average Bonchev–Trinajstić information content (AvgIpc) is 2.56. The Labute approximate surface area is 104 Å². The lowest BCUT2D eigenvalue weighted by molar-refractivity contribution is -0.0270. The van der Waals surface area contributed by atoms with Gasteiger partial charge in [-0.05, 0) is 0 Å². The molecule has 1 unspecified atom stereocenters. The van der Waals surface area contributed by atoms with Crippen molar-refractivity contribution in [2.75, 3.05) is 6.61 Å². The van der Waals surface area contributed by atoms with E-state index in [1.807, 2.05) is 0 Å². The molecule has 0 saturated carbocycles. The zero-order valence-electron chi connectivity index (χ0n) is 11.2. The van der Waals surface area contributed by atoms with Crippen molar-refractivity contribution in [1.29, 1.82) is 5.41 Å². The predicted molar refractivity (Wildman–Crippen MR) is 56.5 cm³/mol. The zero-order valence-corrected chi connectivity index (χ0v) is 9.20. The number of ether oxygens (including phenoxy) is 1. The Hall–Kier alpha value is -1.55. The van der Waals surface area contributed by atoms with Crippen molar-refractivity contribution in [3.05, 3.63) is 22.4 Å². The van der Waals surface area contributed by atoms with Crippen molar-refractivity contribution in [1.82, 2.24) is 14.5 Å². The van der Waals surface area contributed by atoms with E-state index in [1.54, 1.807) is 0 Å². The Morgan fingerprint density at radius 1 is 1.67 bits per heavy atom. The number of nitrogens with zero attached hydrogens (tertiary/aromatic N) is 2. The van der Waals surface area contributed by atoms with Gasteiger partial charge in [0.05, 0.1) is 14.5 Å². The highest BCUT2D eigenvalue weighted by Gasteiger charge is 2.42. The molecule has 1 fully saturated rings. The molecule has 5 N–H and O–H groups in total. The fourth-order valence-corrected chi connectivity index (χ4v) is 1.67. The molecule has 4 atom stereocenters. The number of rotatable bonds is 3. The van der Waals surface area contributed by atoms with E-state index < -0.39 is 48.6 Å². The molecule has 0 amide bonds. The third-order valence-corrected chi connectivity index (χ3v) is 2.61. The fraction of sp³-hybridized carbons (Fsp3) is 0.667. The number of aliphatic hydroxyl groups is 3. The molecule has 2 heterocycles. The second kappa shape index (κ2) is 4.98. The third kappa shape index (κ3) is 2.34. The van der Waals surface area contributed by atoms with Gasteiger partial charge in [-0.15, -0.1) is 0 Å². The fourth-order valence-electron chi connectivity index (χ4n) is 1.67. The maximum atomic E-state index is 11.6. The van der Waals surface area contributed by atoms with Crippen LogP contribution in [0.4, 0.5) is 0 Å². The quantitative estimate of drug-likeness (QED) is 0.382. The van der Waals surface area contributed by atoms with Crippen molar-refractivity contribution in [3.8, 4) is 0 Å². The van der Waals surface area contributed by atoms with Gasteiger partial charge in [-0.2, -0.15) is 0 Å².